The molecule has 15 nitrogen and oxygen atoms in total. The molecule has 2 fully saturated rings. The van der Waals surface area contributed by atoms with E-state index in [1.165, 1.54) is 15.5 Å². The van der Waals surface area contributed by atoms with E-state index in [1.54, 1.807) is 24.3 Å². The molecule has 0 radical (unpaired) electrons. The van der Waals surface area contributed by atoms with E-state index in [0.29, 0.717) is 39.5 Å². The number of aromatic nitrogens is 4. The van der Waals surface area contributed by atoms with Crippen molar-refractivity contribution in [1.82, 2.24) is 34.4 Å². The van der Waals surface area contributed by atoms with Gasteiger partial charge in [0.2, 0.25) is 17.7 Å². The summed E-state index contributed by atoms with van der Waals surface area (Å²) in [6.07, 6.45) is 5.40. The Hall–Kier alpha value is -6.22. The number of piperidine rings is 2. The SMILES string of the molecule is CC(C)c1cc(-c2n[nH]c(=O)n2-c2ccc3c(ccn3CCC3CCN(CC(=O)Nc4cccc5c4CN([C@H]4CCC(=O)NC4=O)C5=O)CC3)c2)c(O)cc1O. The van der Waals surface area contributed by atoms with Crippen molar-refractivity contribution < 1.29 is 29.4 Å². The second kappa shape index (κ2) is 14.8. The summed E-state index contributed by atoms with van der Waals surface area (Å²) in [7, 11) is 0. The molecular formula is C41H44N8O7. The zero-order valence-electron chi connectivity index (χ0n) is 31.2. The van der Waals surface area contributed by atoms with E-state index in [2.05, 4.69) is 30.3 Å². The van der Waals surface area contributed by atoms with Crippen LogP contribution in [0.15, 0.2) is 65.6 Å². The summed E-state index contributed by atoms with van der Waals surface area (Å²) in [6.45, 7) is 6.69. The zero-order valence-corrected chi connectivity index (χ0v) is 31.2. The van der Waals surface area contributed by atoms with Crippen molar-refractivity contribution in [2.75, 3.05) is 25.0 Å². The number of aromatic amines is 1. The van der Waals surface area contributed by atoms with Crippen LogP contribution in [0.1, 0.15) is 73.4 Å². The molecule has 0 bridgehead atoms. The van der Waals surface area contributed by atoms with E-state index in [1.807, 2.05) is 44.3 Å². The van der Waals surface area contributed by atoms with Crippen molar-refractivity contribution >= 4 is 40.2 Å². The van der Waals surface area contributed by atoms with E-state index in [4.69, 9.17) is 0 Å². The Bertz CT molecular complexity index is 2440. The Labute approximate surface area is 321 Å². The molecule has 15 heteroatoms. The summed E-state index contributed by atoms with van der Waals surface area (Å²) in [6, 6.07) is 15.2. The van der Waals surface area contributed by atoms with Gasteiger partial charge in [0.1, 0.15) is 17.5 Å². The number of hydrogen-bond acceptors (Lipinski definition) is 9. The maximum absolute atomic E-state index is 13.2. The zero-order chi connectivity index (χ0) is 39.2. The quantitative estimate of drug-likeness (QED) is 0.130. The first-order valence-electron chi connectivity index (χ1n) is 19.1. The molecule has 5 heterocycles. The van der Waals surface area contributed by atoms with E-state index in [-0.39, 0.29) is 66.9 Å². The van der Waals surface area contributed by atoms with Crippen molar-refractivity contribution in [2.24, 2.45) is 5.92 Å². The molecule has 0 aliphatic carbocycles. The number of nitrogens with zero attached hydrogens (tertiary/aromatic N) is 5. The Balaban J connectivity index is 0.860. The van der Waals surface area contributed by atoms with E-state index < -0.39 is 17.6 Å². The molecule has 0 unspecified atom stereocenters. The summed E-state index contributed by atoms with van der Waals surface area (Å²) in [5.41, 5.74) is 3.85. The first-order chi connectivity index (χ1) is 26.9. The Kier molecular flexibility index (Phi) is 9.70. The molecule has 0 spiro atoms. The molecule has 5 N–H and O–H groups in total. The normalized spacial score (nSPS) is 17.9. The molecule has 8 rings (SSSR count). The molecule has 3 aliphatic heterocycles. The third kappa shape index (κ3) is 6.94. The number of hydrogen-bond donors (Lipinski definition) is 5. The minimum atomic E-state index is -0.719. The topological polar surface area (TPSA) is 195 Å². The molecule has 4 amide bonds. The van der Waals surface area contributed by atoms with Gasteiger partial charge in [-0.1, -0.05) is 19.9 Å². The van der Waals surface area contributed by atoms with Gasteiger partial charge in [-0.15, -0.1) is 0 Å². The maximum Gasteiger partial charge on any atom is 0.348 e. The summed E-state index contributed by atoms with van der Waals surface area (Å²) in [5.74, 6) is -0.710. The molecule has 3 aliphatic rings. The number of phenols is 2. The molecule has 2 saturated heterocycles. The number of H-pyrrole nitrogens is 1. The summed E-state index contributed by atoms with van der Waals surface area (Å²) >= 11 is 0. The average molecular weight is 761 g/mol. The van der Waals surface area contributed by atoms with Crippen molar-refractivity contribution in [3.63, 3.8) is 0 Å². The van der Waals surface area contributed by atoms with E-state index in [9.17, 15) is 34.2 Å². The summed E-state index contributed by atoms with van der Waals surface area (Å²) < 4.78 is 3.63. The number of fused-ring (bicyclic) bond motifs is 2. The number of anilines is 1. The van der Waals surface area contributed by atoms with Crippen LogP contribution in [0.4, 0.5) is 5.69 Å². The number of carbonyl (C=O) groups excluding carboxylic acids is 4. The van der Waals surface area contributed by atoms with Crippen LogP contribution in [0, 0.1) is 5.92 Å². The molecule has 0 saturated carbocycles. The number of amides is 4. The van der Waals surface area contributed by atoms with Gasteiger partial charge in [0.25, 0.3) is 5.91 Å². The number of benzene rings is 3. The van der Waals surface area contributed by atoms with Crippen LogP contribution < -0.4 is 16.3 Å². The van der Waals surface area contributed by atoms with Crippen LogP contribution in [0.5, 0.6) is 11.5 Å². The van der Waals surface area contributed by atoms with Crippen LogP contribution in [0.25, 0.3) is 28.0 Å². The van der Waals surface area contributed by atoms with Crippen LogP contribution in [0.2, 0.25) is 0 Å². The second-order valence-corrected chi connectivity index (χ2v) is 15.3. The Morgan fingerprint density at radius 2 is 1.77 bits per heavy atom. The van der Waals surface area contributed by atoms with Gasteiger partial charge in [0, 0.05) is 59.5 Å². The smallest absolute Gasteiger partial charge is 0.348 e. The standard InChI is InChI=1S/C41H44N8O7/c1-23(2)28-19-29(35(51)20-34(28)50)38-44-45-41(56)49(38)26-6-7-32-25(18-26)13-17-47(32)16-12-24-10-14-46(15-11-24)22-37(53)42-31-5-3-4-27-30(31)21-48(40(27)55)33-8-9-36(52)43-39(33)54/h3-7,13,17-20,23-24,33,50-51H,8-12,14-16,21-22H2,1-2H3,(H,42,53)(H,45,56)(H,43,52,54)/t33-/m0/s1. The van der Waals surface area contributed by atoms with Crippen LogP contribution in [-0.2, 0) is 27.5 Å². The highest BCUT2D eigenvalue weighted by atomic mass is 16.3. The van der Waals surface area contributed by atoms with Crippen LogP contribution >= 0.6 is 0 Å². The van der Waals surface area contributed by atoms with E-state index >= 15 is 0 Å². The third-order valence-electron chi connectivity index (χ3n) is 11.4. The van der Waals surface area contributed by atoms with Gasteiger partial charge in [-0.25, -0.2) is 14.5 Å². The largest absolute Gasteiger partial charge is 0.508 e. The van der Waals surface area contributed by atoms with Crippen molar-refractivity contribution in [2.45, 2.75) is 71.0 Å². The van der Waals surface area contributed by atoms with Gasteiger partial charge in [0.15, 0.2) is 5.82 Å². The fourth-order valence-electron chi connectivity index (χ4n) is 8.32. The molecule has 290 valence electrons. The average Bonchev–Trinajstić information content (AvgIpc) is 3.86. The van der Waals surface area contributed by atoms with Gasteiger partial charge >= 0.3 is 5.69 Å². The van der Waals surface area contributed by atoms with Crippen molar-refractivity contribution in [3.8, 4) is 28.6 Å². The minimum Gasteiger partial charge on any atom is -0.508 e. The number of carbonyl (C=O) groups is 4. The number of imide groups is 1. The molecule has 1 atom stereocenters. The van der Waals surface area contributed by atoms with E-state index in [0.717, 1.165) is 49.8 Å². The maximum atomic E-state index is 13.2. The monoisotopic (exact) mass is 760 g/mol. The first kappa shape index (κ1) is 36.7. The molecule has 56 heavy (non-hydrogen) atoms. The molecule has 3 aromatic carbocycles. The summed E-state index contributed by atoms with van der Waals surface area (Å²) in [4.78, 5) is 67.1. The lowest BCUT2D eigenvalue weighted by atomic mass is 9.93. The predicted octanol–water partition coefficient (Wildman–Crippen LogP) is 4.22. The molecule has 5 aromatic rings. The lowest BCUT2D eigenvalue weighted by Crippen LogP contribution is -2.52. The second-order valence-electron chi connectivity index (χ2n) is 15.3. The van der Waals surface area contributed by atoms with Gasteiger partial charge in [-0.2, -0.15) is 5.10 Å². The fraction of sp³-hybridized carbons (Fsp3) is 0.366. The molecule has 2 aromatic heterocycles. The highest BCUT2D eigenvalue weighted by Gasteiger charge is 2.40. The first-order valence-corrected chi connectivity index (χ1v) is 19.1. The highest BCUT2D eigenvalue weighted by molar-refractivity contribution is 6.07. The van der Waals surface area contributed by atoms with Crippen LogP contribution in [-0.4, -0.2) is 88.6 Å². The lowest BCUT2D eigenvalue weighted by molar-refractivity contribution is -0.137. The molecular weight excluding hydrogens is 717 g/mol. The van der Waals surface area contributed by atoms with Crippen LogP contribution in [0.3, 0.4) is 0 Å². The number of aryl methyl sites for hydroxylation is 1. The Morgan fingerprint density at radius 1 is 0.964 bits per heavy atom. The number of likely N-dealkylation sites (tertiary alicyclic amines) is 1. The van der Waals surface area contributed by atoms with Crippen molar-refractivity contribution in [3.05, 3.63) is 88.0 Å². The predicted molar refractivity (Wildman–Crippen MR) is 207 cm³/mol. The minimum absolute atomic E-state index is 0.0101. The number of rotatable bonds is 10. The third-order valence-corrected chi connectivity index (χ3v) is 11.4. The number of nitrogens with one attached hydrogen (secondary N) is 3. The number of phenolic OH excluding ortho intramolecular Hbond substituents is 2. The van der Waals surface area contributed by atoms with Gasteiger partial charge in [0.05, 0.1) is 17.8 Å². The summed E-state index contributed by atoms with van der Waals surface area (Å²) in [5, 5.41) is 34.0. The Morgan fingerprint density at radius 3 is 2.54 bits per heavy atom. The lowest BCUT2D eigenvalue weighted by Gasteiger charge is -2.31. The van der Waals surface area contributed by atoms with Crippen molar-refractivity contribution in [1.29, 1.82) is 0 Å². The number of aromatic hydroxyl groups is 2. The van der Waals surface area contributed by atoms with Gasteiger partial charge in [-0.05, 0) is 98.6 Å². The fourth-order valence-corrected chi connectivity index (χ4v) is 8.32. The highest BCUT2D eigenvalue weighted by Crippen LogP contribution is 2.38. The van der Waals surface area contributed by atoms with Gasteiger partial charge in [-0.3, -0.25) is 29.4 Å². The van der Waals surface area contributed by atoms with Gasteiger partial charge < -0.3 is 25.0 Å².